The highest BCUT2D eigenvalue weighted by Gasteiger charge is 2.15. The molecule has 3 rings (SSSR count). The second kappa shape index (κ2) is 7.12. The van der Waals surface area contributed by atoms with Crippen LogP contribution in [0.1, 0.15) is 57.1 Å². The quantitative estimate of drug-likeness (QED) is 0.752. The van der Waals surface area contributed by atoms with E-state index in [-0.39, 0.29) is 0 Å². The van der Waals surface area contributed by atoms with E-state index >= 15 is 0 Å². The van der Waals surface area contributed by atoms with Crippen molar-refractivity contribution in [3.05, 3.63) is 23.3 Å². The van der Waals surface area contributed by atoms with E-state index in [1.807, 2.05) is 11.3 Å². The van der Waals surface area contributed by atoms with E-state index in [2.05, 4.69) is 30.7 Å². The summed E-state index contributed by atoms with van der Waals surface area (Å²) in [6.45, 7) is 4.45. The van der Waals surface area contributed by atoms with Crippen LogP contribution < -0.4 is 4.72 Å². The summed E-state index contributed by atoms with van der Waals surface area (Å²) in [6.07, 6.45) is 8.95. The summed E-state index contributed by atoms with van der Waals surface area (Å²) in [7, 11) is 0. The van der Waals surface area contributed by atoms with E-state index in [1.165, 1.54) is 57.8 Å². The number of thiazole rings is 1. The van der Waals surface area contributed by atoms with Crippen molar-refractivity contribution in [2.24, 2.45) is 0 Å². The van der Waals surface area contributed by atoms with Crippen molar-refractivity contribution in [2.45, 2.75) is 69.2 Å². The molecule has 1 fully saturated rings. The summed E-state index contributed by atoms with van der Waals surface area (Å²) in [5.74, 6) is 0. The minimum absolute atomic E-state index is 0.674. The summed E-state index contributed by atoms with van der Waals surface area (Å²) < 4.78 is 6.14. The molecule has 1 heterocycles. The van der Waals surface area contributed by atoms with Gasteiger partial charge in [-0.15, -0.1) is 11.3 Å². The van der Waals surface area contributed by atoms with E-state index in [0.29, 0.717) is 6.04 Å². The number of aryl methyl sites for hydroxylation is 2. The summed E-state index contributed by atoms with van der Waals surface area (Å²) in [6, 6.07) is 5.31. The molecule has 1 aromatic heterocycles. The van der Waals surface area contributed by atoms with Crippen LogP contribution in [-0.4, -0.2) is 11.0 Å². The zero-order chi connectivity index (χ0) is 14.7. The summed E-state index contributed by atoms with van der Waals surface area (Å²) in [5, 5.41) is 0. The maximum absolute atomic E-state index is 4.86. The van der Waals surface area contributed by atoms with Gasteiger partial charge in [0.15, 0.2) is 4.34 Å². The average molecular weight is 321 g/mol. The lowest BCUT2D eigenvalue weighted by Crippen LogP contribution is -2.25. The Balaban J connectivity index is 1.76. The Morgan fingerprint density at radius 2 is 2.00 bits per heavy atom. The van der Waals surface area contributed by atoms with Gasteiger partial charge in [0.05, 0.1) is 10.2 Å². The number of nitrogens with zero attached hydrogens (tertiary/aromatic N) is 1. The fraction of sp³-hybridized carbons (Fsp3) is 0.588. The van der Waals surface area contributed by atoms with Crippen molar-refractivity contribution in [3.8, 4) is 0 Å². The second-order valence-electron chi connectivity index (χ2n) is 5.84. The fourth-order valence-electron chi connectivity index (χ4n) is 3.01. The number of fused-ring (bicyclic) bond motifs is 1. The Labute approximate surface area is 135 Å². The van der Waals surface area contributed by atoms with Gasteiger partial charge in [0.25, 0.3) is 0 Å². The molecule has 4 heteroatoms. The molecular weight excluding hydrogens is 296 g/mol. The van der Waals surface area contributed by atoms with Crippen LogP contribution in [-0.2, 0) is 12.8 Å². The molecule has 0 radical (unpaired) electrons. The highest BCUT2D eigenvalue weighted by molar-refractivity contribution is 7.99. The maximum atomic E-state index is 4.86. The molecule has 0 bridgehead atoms. The standard InChI is InChI=1S/C17H24N2S2/c1-3-12-10-13(4-2)16-15(11-12)20-17(18-16)21-19-14-8-6-5-7-9-14/h10-11,14,19H,3-9H2,1-2H3. The molecule has 21 heavy (non-hydrogen) atoms. The van der Waals surface area contributed by atoms with Crippen LogP contribution in [0, 0.1) is 0 Å². The lowest BCUT2D eigenvalue weighted by Gasteiger charge is -2.21. The minimum atomic E-state index is 0.674. The van der Waals surface area contributed by atoms with E-state index in [1.54, 1.807) is 11.9 Å². The predicted octanol–water partition coefficient (Wildman–Crippen LogP) is 5.35. The molecule has 114 valence electrons. The second-order valence-corrected chi connectivity index (χ2v) is 7.96. The van der Waals surface area contributed by atoms with Crippen molar-refractivity contribution in [3.63, 3.8) is 0 Å². The van der Waals surface area contributed by atoms with Crippen molar-refractivity contribution in [1.29, 1.82) is 0 Å². The Bertz CT molecular complexity index is 600. The molecule has 2 nitrogen and oxygen atoms in total. The van der Waals surface area contributed by atoms with Crippen molar-refractivity contribution in [2.75, 3.05) is 0 Å². The van der Waals surface area contributed by atoms with Crippen LogP contribution in [0.15, 0.2) is 16.5 Å². The number of benzene rings is 1. The smallest absolute Gasteiger partial charge is 0.166 e. The number of hydrogen-bond acceptors (Lipinski definition) is 4. The van der Waals surface area contributed by atoms with Gasteiger partial charge in [-0.2, -0.15) is 0 Å². The summed E-state index contributed by atoms with van der Waals surface area (Å²) >= 11 is 3.58. The third kappa shape index (κ3) is 3.61. The molecular formula is C17H24N2S2. The normalized spacial score (nSPS) is 16.7. The Kier molecular flexibility index (Phi) is 5.19. The molecule has 1 aliphatic rings. The third-order valence-electron chi connectivity index (χ3n) is 4.32. The van der Waals surface area contributed by atoms with Gasteiger partial charge in [-0.25, -0.2) is 4.98 Å². The maximum Gasteiger partial charge on any atom is 0.166 e. The first-order valence-electron chi connectivity index (χ1n) is 8.14. The molecule has 0 unspecified atom stereocenters. The lowest BCUT2D eigenvalue weighted by molar-refractivity contribution is 0.423. The number of aromatic nitrogens is 1. The van der Waals surface area contributed by atoms with Gasteiger partial charge in [0.1, 0.15) is 0 Å². The van der Waals surface area contributed by atoms with Gasteiger partial charge >= 0.3 is 0 Å². The van der Waals surface area contributed by atoms with Crippen LogP contribution in [0.3, 0.4) is 0 Å². The lowest BCUT2D eigenvalue weighted by atomic mass is 9.96. The van der Waals surface area contributed by atoms with Crippen molar-refractivity contribution in [1.82, 2.24) is 9.71 Å². The van der Waals surface area contributed by atoms with Gasteiger partial charge in [-0.3, -0.25) is 4.72 Å². The average Bonchev–Trinajstić information content (AvgIpc) is 2.95. The van der Waals surface area contributed by atoms with E-state index in [0.717, 1.165) is 12.8 Å². The van der Waals surface area contributed by atoms with Gasteiger partial charge < -0.3 is 0 Å². The highest BCUT2D eigenvalue weighted by Crippen LogP contribution is 2.32. The zero-order valence-corrected chi connectivity index (χ0v) is 14.6. The molecule has 1 N–H and O–H groups in total. The SMILES string of the molecule is CCc1cc(CC)c2nc(SNC3CCCCC3)sc2c1. The largest absolute Gasteiger partial charge is 0.255 e. The Hall–Kier alpha value is -0.580. The molecule has 0 saturated heterocycles. The summed E-state index contributed by atoms with van der Waals surface area (Å²) in [4.78, 5) is 4.86. The molecule has 0 spiro atoms. The van der Waals surface area contributed by atoms with Crippen LogP contribution in [0.5, 0.6) is 0 Å². The van der Waals surface area contributed by atoms with E-state index < -0.39 is 0 Å². The number of hydrogen-bond donors (Lipinski definition) is 1. The third-order valence-corrected chi connectivity index (χ3v) is 6.34. The van der Waals surface area contributed by atoms with Crippen molar-refractivity contribution >= 4 is 33.5 Å². The first-order valence-corrected chi connectivity index (χ1v) is 9.78. The zero-order valence-electron chi connectivity index (χ0n) is 12.9. The van der Waals surface area contributed by atoms with Gasteiger partial charge in [-0.1, -0.05) is 39.2 Å². The first-order chi connectivity index (χ1) is 10.3. The highest BCUT2D eigenvalue weighted by atomic mass is 32.2. The molecule has 0 aliphatic heterocycles. The van der Waals surface area contributed by atoms with Gasteiger partial charge in [-0.05, 0) is 54.8 Å². The minimum Gasteiger partial charge on any atom is -0.255 e. The fourth-order valence-corrected chi connectivity index (χ4v) is 5.04. The summed E-state index contributed by atoms with van der Waals surface area (Å²) in [5.41, 5.74) is 4.04. The topological polar surface area (TPSA) is 24.9 Å². The molecule has 1 aromatic carbocycles. The van der Waals surface area contributed by atoms with Gasteiger partial charge in [0.2, 0.25) is 0 Å². The molecule has 0 amide bonds. The Morgan fingerprint density at radius 1 is 1.19 bits per heavy atom. The monoisotopic (exact) mass is 320 g/mol. The van der Waals surface area contributed by atoms with Crippen LogP contribution in [0.4, 0.5) is 0 Å². The predicted molar refractivity (Wildman–Crippen MR) is 94.2 cm³/mol. The molecule has 2 aromatic rings. The van der Waals surface area contributed by atoms with E-state index in [4.69, 9.17) is 4.98 Å². The molecule has 1 saturated carbocycles. The number of rotatable bonds is 5. The van der Waals surface area contributed by atoms with Crippen molar-refractivity contribution < 1.29 is 0 Å². The van der Waals surface area contributed by atoms with E-state index in [9.17, 15) is 0 Å². The van der Waals surface area contributed by atoms with Gasteiger partial charge in [0, 0.05) is 6.04 Å². The molecule has 0 atom stereocenters. The number of nitrogens with one attached hydrogen (secondary N) is 1. The van der Waals surface area contributed by atoms with Crippen LogP contribution in [0.25, 0.3) is 10.2 Å². The first kappa shape index (κ1) is 15.3. The van der Waals surface area contributed by atoms with Crippen LogP contribution in [0.2, 0.25) is 0 Å². The van der Waals surface area contributed by atoms with Crippen LogP contribution >= 0.6 is 23.3 Å². The Morgan fingerprint density at radius 3 is 2.71 bits per heavy atom. The molecule has 1 aliphatic carbocycles.